The largest absolute Gasteiger partial charge is 0.491 e. The molecule has 6 rings (SSSR count). The van der Waals surface area contributed by atoms with E-state index in [0.717, 1.165) is 73.0 Å². The number of nitriles is 1. The Kier molecular flexibility index (Phi) is 5.82. The van der Waals surface area contributed by atoms with Crippen LogP contribution in [0.3, 0.4) is 0 Å². The van der Waals surface area contributed by atoms with Gasteiger partial charge in [0.1, 0.15) is 24.2 Å². The molecule has 1 radical (unpaired) electrons. The van der Waals surface area contributed by atoms with E-state index in [4.69, 9.17) is 9.47 Å². The second-order valence-corrected chi connectivity index (χ2v) is 12.0. The monoisotopic (exact) mass is 489 g/mol. The third-order valence-electron chi connectivity index (χ3n) is 7.46. The summed E-state index contributed by atoms with van der Waals surface area (Å²) >= 11 is 0. The van der Waals surface area contributed by atoms with Crippen molar-refractivity contribution < 1.29 is 17.9 Å². The van der Waals surface area contributed by atoms with Crippen molar-refractivity contribution in [3.63, 3.8) is 0 Å². The van der Waals surface area contributed by atoms with E-state index in [1.54, 1.807) is 0 Å². The van der Waals surface area contributed by atoms with Crippen LogP contribution in [0.5, 0.6) is 5.75 Å². The fraction of sp³-hybridized carbons (Fsp3) is 0.429. The molecule has 6 nitrogen and oxygen atoms in total. The molecule has 0 bridgehead atoms. The van der Waals surface area contributed by atoms with Crippen molar-refractivity contribution in [2.75, 3.05) is 13.2 Å². The van der Waals surface area contributed by atoms with Crippen molar-refractivity contribution in [1.29, 1.82) is 5.26 Å². The summed E-state index contributed by atoms with van der Waals surface area (Å²) in [4.78, 5) is 0. The van der Waals surface area contributed by atoms with E-state index in [1.807, 2.05) is 36.4 Å². The van der Waals surface area contributed by atoms with E-state index in [0.29, 0.717) is 23.8 Å². The number of hydrogen-bond acceptors (Lipinski definition) is 5. The van der Waals surface area contributed by atoms with Gasteiger partial charge in [-0.15, -0.1) is 0 Å². The summed E-state index contributed by atoms with van der Waals surface area (Å²) in [5.74, 6) is 2.18. The second-order valence-electron chi connectivity index (χ2n) is 9.94. The van der Waals surface area contributed by atoms with Crippen LogP contribution in [-0.4, -0.2) is 37.6 Å². The van der Waals surface area contributed by atoms with Crippen LogP contribution in [0.25, 0.3) is 22.2 Å². The minimum absolute atomic E-state index is 0.147. The molecule has 3 fully saturated rings. The summed E-state index contributed by atoms with van der Waals surface area (Å²) in [5, 5.41) is 10.9. The molecule has 1 saturated heterocycles. The van der Waals surface area contributed by atoms with Gasteiger partial charge in [-0.25, -0.2) is 8.42 Å². The average Bonchev–Trinajstić information content (AvgIpc) is 3.48. The van der Waals surface area contributed by atoms with Gasteiger partial charge in [0, 0.05) is 24.1 Å². The van der Waals surface area contributed by atoms with E-state index in [9.17, 15) is 13.7 Å². The smallest absolute Gasteiger partial charge is 0.161 e. The summed E-state index contributed by atoms with van der Waals surface area (Å²) in [6, 6.07) is 16.3. The predicted molar refractivity (Wildman–Crippen MR) is 135 cm³/mol. The van der Waals surface area contributed by atoms with E-state index in [1.165, 1.54) is 12.2 Å². The lowest BCUT2D eigenvalue weighted by Crippen LogP contribution is -2.18. The van der Waals surface area contributed by atoms with Crippen molar-refractivity contribution in [1.82, 2.24) is 4.57 Å². The standard InChI is InChI=1S/C28H29N2O4S/c29-16-26-25-13-10-22(34-17-23-5-2-14-33-23)15-27(25)30(21-3-1-4-21)28(26)20-8-6-19(7-9-20)18-35(31,32)24-11-12-24/h6-10,13,15,18,21,23-24H,1-5,11-12,14,17H2. The van der Waals surface area contributed by atoms with Gasteiger partial charge in [-0.05, 0) is 68.2 Å². The highest BCUT2D eigenvalue weighted by molar-refractivity contribution is 7.94. The average molecular weight is 490 g/mol. The molecule has 3 aromatic rings. The molecule has 2 saturated carbocycles. The van der Waals surface area contributed by atoms with Gasteiger partial charge in [-0.2, -0.15) is 5.26 Å². The highest BCUT2D eigenvalue weighted by atomic mass is 32.2. The first-order valence-corrected chi connectivity index (χ1v) is 14.2. The molecule has 1 aliphatic heterocycles. The van der Waals surface area contributed by atoms with Gasteiger partial charge in [0.05, 0.1) is 28.1 Å². The first-order chi connectivity index (χ1) is 17.0. The Morgan fingerprint density at radius 3 is 2.49 bits per heavy atom. The number of benzene rings is 2. The summed E-state index contributed by atoms with van der Waals surface area (Å²) in [7, 11) is -3.19. The molecular formula is C28H29N2O4S. The maximum absolute atomic E-state index is 12.4. The summed E-state index contributed by atoms with van der Waals surface area (Å²) < 4.78 is 38.8. The Morgan fingerprint density at radius 2 is 1.86 bits per heavy atom. The van der Waals surface area contributed by atoms with Crippen molar-refractivity contribution in [2.45, 2.75) is 62.3 Å². The number of sulfone groups is 1. The zero-order valence-electron chi connectivity index (χ0n) is 19.7. The van der Waals surface area contributed by atoms with Gasteiger partial charge in [0.25, 0.3) is 0 Å². The Labute approximate surface area is 206 Å². The van der Waals surface area contributed by atoms with Gasteiger partial charge >= 0.3 is 0 Å². The Bertz CT molecular complexity index is 1390. The van der Waals surface area contributed by atoms with Crippen molar-refractivity contribution >= 4 is 20.7 Å². The molecule has 0 amide bonds. The second kappa shape index (κ2) is 9.00. The SMILES string of the molecule is N#Cc1c(-c2ccc([CH]S(=O)(=O)C3CC3)cc2)n(C2CCC2)c2cc(OCC3CCCO3)ccc12. The lowest BCUT2D eigenvalue weighted by Gasteiger charge is -2.30. The van der Waals surface area contributed by atoms with Crippen molar-refractivity contribution in [3.8, 4) is 23.1 Å². The lowest BCUT2D eigenvalue weighted by atomic mass is 9.92. The number of nitrogens with zero attached hydrogens (tertiary/aromatic N) is 2. The van der Waals surface area contributed by atoms with E-state index >= 15 is 0 Å². The summed E-state index contributed by atoms with van der Waals surface area (Å²) in [5.41, 5.74) is 4.17. The van der Waals surface area contributed by atoms with Gasteiger partial charge in [0.15, 0.2) is 9.84 Å². The molecule has 35 heavy (non-hydrogen) atoms. The van der Waals surface area contributed by atoms with Crippen molar-refractivity contribution in [2.24, 2.45) is 0 Å². The first kappa shape index (κ1) is 22.6. The molecule has 2 heterocycles. The zero-order valence-corrected chi connectivity index (χ0v) is 20.5. The number of aromatic nitrogens is 1. The van der Waals surface area contributed by atoms with Crippen LogP contribution in [0.15, 0.2) is 42.5 Å². The topological polar surface area (TPSA) is 81.3 Å². The van der Waals surface area contributed by atoms with Crippen LogP contribution in [0, 0.1) is 17.1 Å². The molecule has 1 atom stereocenters. The van der Waals surface area contributed by atoms with Gasteiger partial charge in [-0.3, -0.25) is 0 Å². The molecule has 2 aliphatic carbocycles. The van der Waals surface area contributed by atoms with Gasteiger partial charge in [0.2, 0.25) is 0 Å². The minimum Gasteiger partial charge on any atom is -0.491 e. The molecule has 3 aliphatic rings. The molecule has 7 heteroatoms. The fourth-order valence-electron chi connectivity index (χ4n) is 5.17. The Balaban J connectivity index is 1.37. The first-order valence-electron chi connectivity index (χ1n) is 12.5. The third kappa shape index (κ3) is 4.34. The molecule has 1 unspecified atom stereocenters. The molecular weight excluding hydrogens is 460 g/mol. The maximum Gasteiger partial charge on any atom is 0.161 e. The van der Waals surface area contributed by atoms with E-state index in [2.05, 4.69) is 16.7 Å². The molecule has 0 N–H and O–H groups in total. The van der Waals surface area contributed by atoms with Crippen LogP contribution in [0.1, 0.15) is 62.1 Å². The highest BCUT2D eigenvalue weighted by Gasteiger charge is 2.36. The molecule has 2 aromatic carbocycles. The Morgan fingerprint density at radius 1 is 1.06 bits per heavy atom. The lowest BCUT2D eigenvalue weighted by molar-refractivity contribution is 0.0680. The molecule has 1 aromatic heterocycles. The highest BCUT2D eigenvalue weighted by Crippen LogP contribution is 2.43. The quantitative estimate of drug-likeness (QED) is 0.414. The van der Waals surface area contributed by atoms with Crippen molar-refractivity contribution in [3.05, 3.63) is 59.3 Å². The minimum atomic E-state index is -3.19. The fourth-order valence-corrected chi connectivity index (χ4v) is 6.69. The van der Waals surface area contributed by atoms with Crippen LogP contribution >= 0.6 is 0 Å². The van der Waals surface area contributed by atoms with Crippen LogP contribution in [0.2, 0.25) is 0 Å². The Hall–Kier alpha value is -2.82. The number of fused-ring (bicyclic) bond motifs is 1. The number of ether oxygens (including phenoxy) is 2. The van der Waals surface area contributed by atoms with Crippen LogP contribution < -0.4 is 4.74 Å². The number of rotatable bonds is 8. The third-order valence-corrected chi connectivity index (χ3v) is 9.46. The number of hydrogen-bond donors (Lipinski definition) is 0. The van der Waals surface area contributed by atoms with Gasteiger partial charge in [-0.1, -0.05) is 24.3 Å². The van der Waals surface area contributed by atoms with E-state index < -0.39 is 9.84 Å². The normalized spacial score (nSPS) is 20.6. The van der Waals surface area contributed by atoms with Crippen LogP contribution in [-0.2, 0) is 14.6 Å². The summed E-state index contributed by atoms with van der Waals surface area (Å²) in [6.45, 7) is 1.34. The van der Waals surface area contributed by atoms with Crippen LogP contribution in [0.4, 0.5) is 0 Å². The predicted octanol–water partition coefficient (Wildman–Crippen LogP) is 5.55. The zero-order chi connectivity index (χ0) is 24.0. The maximum atomic E-state index is 12.4. The molecule has 181 valence electrons. The van der Waals surface area contributed by atoms with E-state index in [-0.39, 0.29) is 11.4 Å². The summed E-state index contributed by atoms with van der Waals surface area (Å²) in [6.07, 6.45) is 7.09. The van der Waals surface area contributed by atoms with Gasteiger partial charge < -0.3 is 14.0 Å². The molecule has 0 spiro atoms.